The number of amides is 1. The Bertz CT molecular complexity index is 736. The number of hydrogen-bond acceptors (Lipinski definition) is 2. The number of ether oxygens (including phenoxy) is 1. The van der Waals surface area contributed by atoms with Crippen LogP contribution in [0.3, 0.4) is 0 Å². The summed E-state index contributed by atoms with van der Waals surface area (Å²) in [6, 6.07) is 0. The monoisotopic (exact) mass is 357 g/mol. The first-order valence-electron chi connectivity index (χ1n) is 9.80. The Balaban J connectivity index is 1.17. The second kappa shape index (κ2) is 4.94. The predicted octanol–water partition coefficient (Wildman–Crippen LogP) is 3.62. The number of carbonyl (C=O) groups excluding carboxylic acids is 1. The molecule has 6 saturated carbocycles. The van der Waals surface area contributed by atoms with Gasteiger partial charge in [0, 0.05) is 18.0 Å². The summed E-state index contributed by atoms with van der Waals surface area (Å²) in [4.78, 5) is 12.5. The Labute approximate surface area is 153 Å². The molecule has 1 N–H and O–H groups in total. The van der Waals surface area contributed by atoms with Crippen molar-refractivity contribution in [2.24, 2.45) is 47.3 Å². The summed E-state index contributed by atoms with van der Waals surface area (Å²) in [5.74, 6) is 8.63. The van der Waals surface area contributed by atoms with Crippen LogP contribution in [0.2, 0.25) is 0 Å². The molecule has 0 aromatic rings. The molecule has 0 saturated heterocycles. The van der Waals surface area contributed by atoms with Gasteiger partial charge in [-0.1, -0.05) is 23.3 Å². The largest absolute Gasteiger partial charge is 0.501 e. The Morgan fingerprint density at radius 2 is 1.88 bits per heavy atom. The lowest BCUT2D eigenvalue weighted by molar-refractivity contribution is -0.117. The predicted molar refractivity (Wildman–Crippen MR) is 95.5 cm³/mol. The molecule has 8 unspecified atom stereocenters. The van der Waals surface area contributed by atoms with Crippen LogP contribution in [0.5, 0.6) is 0 Å². The standard InChI is InChI=1S/C21H24ClNO2/c1-25-9-2-3-16(22)13(6-9)21(24)23-5-4-10-17-14-7-11-12-8-15(19(11)17)18(10)20(12)14/h4,6,11-12,14-15,17-20H,2-3,5,7-8H2,1H3,(H,23,24). The van der Waals surface area contributed by atoms with E-state index in [9.17, 15) is 4.79 Å². The molecule has 0 aliphatic heterocycles. The minimum absolute atomic E-state index is 0.0713. The average molecular weight is 358 g/mol. The van der Waals surface area contributed by atoms with E-state index in [2.05, 4.69) is 11.4 Å². The van der Waals surface area contributed by atoms with E-state index >= 15 is 0 Å². The smallest absolute Gasteiger partial charge is 0.252 e. The highest BCUT2D eigenvalue weighted by atomic mass is 35.5. The summed E-state index contributed by atoms with van der Waals surface area (Å²) < 4.78 is 5.28. The van der Waals surface area contributed by atoms with Crippen molar-refractivity contribution >= 4 is 17.5 Å². The third-order valence-corrected chi connectivity index (χ3v) is 8.83. The molecule has 0 aromatic carbocycles. The van der Waals surface area contributed by atoms with Crippen LogP contribution < -0.4 is 5.32 Å². The third kappa shape index (κ3) is 1.71. The van der Waals surface area contributed by atoms with Crippen molar-refractivity contribution in [3.63, 3.8) is 0 Å². The highest BCUT2D eigenvalue weighted by Crippen LogP contribution is 2.84. The molecule has 7 rings (SSSR count). The third-order valence-electron chi connectivity index (χ3n) is 8.43. The number of hydrogen-bond donors (Lipinski definition) is 1. The molecular weight excluding hydrogens is 334 g/mol. The van der Waals surface area contributed by atoms with Gasteiger partial charge >= 0.3 is 0 Å². The molecule has 0 aromatic heterocycles. The number of allylic oxidation sites excluding steroid dienone is 3. The van der Waals surface area contributed by atoms with Gasteiger partial charge < -0.3 is 10.1 Å². The zero-order chi connectivity index (χ0) is 16.9. The topological polar surface area (TPSA) is 38.3 Å². The van der Waals surface area contributed by atoms with Gasteiger partial charge in [-0.3, -0.25) is 4.79 Å². The quantitative estimate of drug-likeness (QED) is 0.780. The minimum atomic E-state index is -0.0713. The van der Waals surface area contributed by atoms with Gasteiger partial charge in [0.05, 0.1) is 18.4 Å². The van der Waals surface area contributed by atoms with Gasteiger partial charge in [0.25, 0.3) is 5.91 Å². The molecule has 132 valence electrons. The van der Waals surface area contributed by atoms with E-state index in [1.165, 1.54) is 12.8 Å². The van der Waals surface area contributed by atoms with Crippen molar-refractivity contribution in [3.8, 4) is 0 Å². The molecule has 0 heterocycles. The Morgan fingerprint density at radius 1 is 1.20 bits per heavy atom. The highest BCUT2D eigenvalue weighted by molar-refractivity contribution is 6.32. The van der Waals surface area contributed by atoms with Gasteiger partial charge in [-0.25, -0.2) is 0 Å². The summed E-state index contributed by atoms with van der Waals surface area (Å²) in [6.45, 7) is 0.638. The van der Waals surface area contributed by atoms with Gasteiger partial charge in [0.1, 0.15) is 0 Å². The van der Waals surface area contributed by atoms with Gasteiger partial charge in [0.15, 0.2) is 0 Å². The van der Waals surface area contributed by atoms with E-state index in [-0.39, 0.29) is 5.91 Å². The molecule has 8 atom stereocenters. The maximum Gasteiger partial charge on any atom is 0.252 e. The van der Waals surface area contributed by atoms with Crippen LogP contribution in [0.4, 0.5) is 0 Å². The van der Waals surface area contributed by atoms with Crippen molar-refractivity contribution in [1.82, 2.24) is 5.32 Å². The summed E-state index contributed by atoms with van der Waals surface area (Å²) >= 11 is 6.26. The Kier molecular flexibility index (Phi) is 2.94. The van der Waals surface area contributed by atoms with E-state index < -0.39 is 0 Å². The van der Waals surface area contributed by atoms with E-state index in [1.807, 2.05) is 0 Å². The van der Waals surface area contributed by atoms with Gasteiger partial charge in [-0.2, -0.15) is 0 Å². The number of rotatable bonds is 4. The van der Waals surface area contributed by atoms with Crippen LogP contribution in [-0.4, -0.2) is 19.6 Å². The van der Waals surface area contributed by atoms with Crippen molar-refractivity contribution in [3.05, 3.63) is 34.1 Å². The second-order valence-corrected chi connectivity index (χ2v) is 9.34. The van der Waals surface area contributed by atoms with Crippen LogP contribution in [-0.2, 0) is 9.53 Å². The summed E-state index contributed by atoms with van der Waals surface area (Å²) in [5.41, 5.74) is 2.28. The van der Waals surface area contributed by atoms with Gasteiger partial charge in [-0.05, 0) is 72.7 Å². The lowest BCUT2D eigenvalue weighted by atomic mass is 9.71. The SMILES string of the molecule is COC1=CC(C(=O)NCC=C2C3C4CC5C6CC(C2C64)C53)=C(Cl)CC1. The van der Waals surface area contributed by atoms with E-state index in [0.717, 1.165) is 59.5 Å². The van der Waals surface area contributed by atoms with Crippen molar-refractivity contribution in [1.29, 1.82) is 0 Å². The Hall–Kier alpha value is -1.22. The summed E-state index contributed by atoms with van der Waals surface area (Å²) in [5, 5.41) is 3.72. The van der Waals surface area contributed by atoms with E-state index in [0.29, 0.717) is 23.6 Å². The fourth-order valence-corrected chi connectivity index (χ4v) is 8.27. The zero-order valence-electron chi connectivity index (χ0n) is 14.5. The minimum Gasteiger partial charge on any atom is -0.501 e. The maximum absolute atomic E-state index is 12.5. The zero-order valence-corrected chi connectivity index (χ0v) is 15.3. The van der Waals surface area contributed by atoms with Gasteiger partial charge in [-0.15, -0.1) is 0 Å². The van der Waals surface area contributed by atoms with E-state index in [4.69, 9.17) is 16.3 Å². The molecule has 7 aliphatic rings. The maximum atomic E-state index is 12.5. The van der Waals surface area contributed by atoms with Crippen LogP contribution in [0.25, 0.3) is 0 Å². The molecule has 6 fully saturated rings. The molecule has 0 radical (unpaired) electrons. The molecule has 25 heavy (non-hydrogen) atoms. The number of nitrogens with one attached hydrogen (secondary N) is 1. The molecule has 7 aliphatic carbocycles. The number of carbonyl (C=O) groups is 1. The fraction of sp³-hybridized carbons (Fsp3) is 0.667. The normalized spacial score (nSPS) is 47.3. The molecule has 4 heteroatoms. The Morgan fingerprint density at radius 3 is 2.52 bits per heavy atom. The molecule has 0 spiro atoms. The molecule has 1 amide bonds. The lowest BCUT2D eigenvalue weighted by Gasteiger charge is -2.33. The van der Waals surface area contributed by atoms with Crippen molar-refractivity contribution in [2.45, 2.75) is 25.7 Å². The highest BCUT2D eigenvalue weighted by Gasteiger charge is 2.78. The van der Waals surface area contributed by atoms with Crippen molar-refractivity contribution < 1.29 is 9.53 Å². The van der Waals surface area contributed by atoms with Crippen LogP contribution in [0.15, 0.2) is 34.1 Å². The first kappa shape index (κ1) is 14.9. The molecule has 3 nitrogen and oxygen atoms in total. The van der Waals surface area contributed by atoms with Crippen LogP contribution in [0.1, 0.15) is 25.7 Å². The summed E-state index contributed by atoms with van der Waals surface area (Å²) in [6.07, 6.45) is 8.62. The van der Waals surface area contributed by atoms with Gasteiger partial charge in [0.2, 0.25) is 0 Å². The van der Waals surface area contributed by atoms with E-state index in [1.54, 1.807) is 18.8 Å². The molecular formula is C21H24ClNO2. The second-order valence-electron chi connectivity index (χ2n) is 8.88. The number of methoxy groups -OCH3 is 1. The summed E-state index contributed by atoms with van der Waals surface area (Å²) in [7, 11) is 1.64. The lowest BCUT2D eigenvalue weighted by Crippen LogP contribution is -2.30. The molecule has 6 bridgehead atoms. The van der Waals surface area contributed by atoms with Crippen LogP contribution in [0, 0.1) is 47.3 Å². The fourth-order valence-electron chi connectivity index (χ4n) is 8.04. The average Bonchev–Trinajstić information content (AvgIpc) is 3.34. The van der Waals surface area contributed by atoms with Crippen LogP contribution >= 0.6 is 11.6 Å². The first-order valence-corrected chi connectivity index (χ1v) is 10.2. The van der Waals surface area contributed by atoms with Crippen molar-refractivity contribution in [2.75, 3.05) is 13.7 Å². The number of halogens is 1. The first-order chi connectivity index (χ1) is 12.2.